The zero-order chi connectivity index (χ0) is 16.3. The van der Waals surface area contributed by atoms with Crippen molar-refractivity contribution in [2.45, 2.75) is 19.8 Å². The number of aromatic nitrogens is 2. The molecule has 0 N–H and O–H groups in total. The molecule has 23 heavy (non-hydrogen) atoms. The Morgan fingerprint density at radius 3 is 2.83 bits per heavy atom. The lowest BCUT2D eigenvalue weighted by molar-refractivity contribution is -0.139. The number of rotatable bonds is 9. The van der Waals surface area contributed by atoms with Crippen molar-refractivity contribution >= 4 is 12.0 Å². The van der Waals surface area contributed by atoms with Crippen LogP contribution in [0.3, 0.4) is 0 Å². The number of hydrogen-bond acceptors (Lipinski definition) is 4. The molecule has 0 saturated heterocycles. The van der Waals surface area contributed by atoms with Crippen LogP contribution in [0, 0.1) is 0 Å². The van der Waals surface area contributed by atoms with E-state index in [1.165, 1.54) is 6.08 Å². The number of unbranched alkanes of at least 4 members (excludes halogenated alkanes) is 1. The highest BCUT2D eigenvalue weighted by atomic mass is 16.6. The van der Waals surface area contributed by atoms with Crippen LogP contribution in [0.5, 0.6) is 0 Å². The molecule has 0 amide bonds. The van der Waals surface area contributed by atoms with Crippen molar-refractivity contribution in [2.24, 2.45) is 0 Å². The maximum atomic E-state index is 11.6. The first-order chi connectivity index (χ1) is 11.3. The van der Waals surface area contributed by atoms with Crippen LogP contribution in [0.2, 0.25) is 0 Å². The molecule has 5 heteroatoms. The molecule has 2 rings (SSSR count). The van der Waals surface area contributed by atoms with Gasteiger partial charge < -0.3 is 9.47 Å². The van der Waals surface area contributed by atoms with Gasteiger partial charge >= 0.3 is 5.97 Å². The average Bonchev–Trinajstić information content (AvgIpc) is 3.06. The molecule has 0 aliphatic rings. The Morgan fingerprint density at radius 2 is 2.04 bits per heavy atom. The van der Waals surface area contributed by atoms with Crippen LogP contribution in [0.25, 0.3) is 11.8 Å². The van der Waals surface area contributed by atoms with E-state index in [2.05, 4.69) is 12.0 Å². The second-order valence-corrected chi connectivity index (χ2v) is 5.02. The zero-order valence-electron chi connectivity index (χ0n) is 13.4. The van der Waals surface area contributed by atoms with E-state index >= 15 is 0 Å². The molecule has 1 aromatic carbocycles. The highest BCUT2D eigenvalue weighted by Crippen LogP contribution is 2.08. The summed E-state index contributed by atoms with van der Waals surface area (Å²) in [5.41, 5.74) is 1.81. The lowest BCUT2D eigenvalue weighted by atomic mass is 10.3. The molecular formula is C18H22N2O3. The van der Waals surface area contributed by atoms with Gasteiger partial charge in [0, 0.05) is 24.4 Å². The van der Waals surface area contributed by atoms with Gasteiger partial charge in [-0.15, -0.1) is 0 Å². The predicted molar refractivity (Wildman–Crippen MR) is 89.3 cm³/mol. The van der Waals surface area contributed by atoms with Crippen molar-refractivity contribution in [1.82, 2.24) is 9.78 Å². The molecular weight excluding hydrogens is 292 g/mol. The van der Waals surface area contributed by atoms with Gasteiger partial charge in [-0.3, -0.25) is 0 Å². The van der Waals surface area contributed by atoms with E-state index in [9.17, 15) is 4.79 Å². The third kappa shape index (κ3) is 6.08. The lowest BCUT2D eigenvalue weighted by Gasteiger charge is -2.03. The van der Waals surface area contributed by atoms with Crippen molar-refractivity contribution in [3.8, 4) is 5.69 Å². The fourth-order valence-corrected chi connectivity index (χ4v) is 1.91. The summed E-state index contributed by atoms with van der Waals surface area (Å²) in [5.74, 6) is -0.378. The molecule has 0 bridgehead atoms. The zero-order valence-corrected chi connectivity index (χ0v) is 13.4. The van der Waals surface area contributed by atoms with Crippen LogP contribution in [0.4, 0.5) is 0 Å². The number of esters is 1. The van der Waals surface area contributed by atoms with Crippen LogP contribution in [0.15, 0.2) is 48.8 Å². The molecule has 0 fully saturated rings. The molecule has 0 aliphatic heterocycles. The summed E-state index contributed by atoms with van der Waals surface area (Å²) in [6, 6.07) is 9.79. The molecule has 1 heterocycles. The normalized spacial score (nSPS) is 11.0. The van der Waals surface area contributed by atoms with Crippen LogP contribution < -0.4 is 0 Å². The molecule has 0 aliphatic carbocycles. The predicted octanol–water partition coefficient (Wildman–Crippen LogP) is 3.25. The average molecular weight is 314 g/mol. The standard InChI is InChI=1S/C18H22N2O3/c1-2-3-11-22-12-13-23-18(21)10-9-16-14-19-20(15-16)17-7-5-4-6-8-17/h4-10,14-15H,2-3,11-13H2,1H3/b10-9+. The van der Waals surface area contributed by atoms with E-state index in [1.54, 1.807) is 17.0 Å². The van der Waals surface area contributed by atoms with E-state index in [0.29, 0.717) is 13.2 Å². The summed E-state index contributed by atoms with van der Waals surface area (Å²) in [6.45, 7) is 3.53. The van der Waals surface area contributed by atoms with Gasteiger partial charge in [0.25, 0.3) is 0 Å². The molecule has 0 saturated carbocycles. The van der Waals surface area contributed by atoms with Crippen molar-refractivity contribution in [3.63, 3.8) is 0 Å². The third-order valence-corrected chi connectivity index (χ3v) is 3.15. The first kappa shape index (κ1) is 17.0. The van der Waals surface area contributed by atoms with E-state index < -0.39 is 0 Å². The monoisotopic (exact) mass is 314 g/mol. The molecule has 0 radical (unpaired) electrons. The van der Waals surface area contributed by atoms with Gasteiger partial charge in [0.1, 0.15) is 6.61 Å². The summed E-state index contributed by atoms with van der Waals surface area (Å²) < 4.78 is 12.1. The van der Waals surface area contributed by atoms with Crippen LogP contribution in [-0.4, -0.2) is 35.6 Å². The Labute approximate surface area is 136 Å². The largest absolute Gasteiger partial charge is 0.460 e. The van der Waals surface area contributed by atoms with Crippen LogP contribution in [0.1, 0.15) is 25.3 Å². The Kier molecular flexibility index (Phi) is 7.07. The third-order valence-electron chi connectivity index (χ3n) is 3.15. The summed E-state index contributed by atoms with van der Waals surface area (Å²) in [6.07, 6.45) is 8.77. The number of carbonyl (C=O) groups excluding carboxylic acids is 1. The van der Waals surface area contributed by atoms with Gasteiger partial charge in [0.05, 0.1) is 18.5 Å². The minimum atomic E-state index is -0.378. The van der Waals surface area contributed by atoms with E-state index in [4.69, 9.17) is 9.47 Å². The second-order valence-electron chi connectivity index (χ2n) is 5.02. The van der Waals surface area contributed by atoms with Crippen LogP contribution in [-0.2, 0) is 14.3 Å². The maximum Gasteiger partial charge on any atom is 0.330 e. The molecule has 0 unspecified atom stereocenters. The highest BCUT2D eigenvalue weighted by Gasteiger charge is 2.00. The van der Waals surface area contributed by atoms with Crippen molar-refractivity contribution in [1.29, 1.82) is 0 Å². The SMILES string of the molecule is CCCCOCCOC(=O)/C=C/c1cnn(-c2ccccc2)c1. The second kappa shape index (κ2) is 9.58. The number of benzene rings is 1. The fourth-order valence-electron chi connectivity index (χ4n) is 1.91. The Bertz CT molecular complexity index is 620. The molecule has 2 aromatic rings. The smallest absolute Gasteiger partial charge is 0.330 e. The van der Waals surface area contributed by atoms with Gasteiger partial charge in [-0.25, -0.2) is 9.48 Å². The highest BCUT2D eigenvalue weighted by molar-refractivity contribution is 5.86. The Hall–Kier alpha value is -2.40. The van der Waals surface area contributed by atoms with Gasteiger partial charge in [-0.05, 0) is 24.6 Å². The van der Waals surface area contributed by atoms with E-state index in [1.807, 2.05) is 36.5 Å². The Morgan fingerprint density at radius 1 is 1.22 bits per heavy atom. The lowest BCUT2D eigenvalue weighted by Crippen LogP contribution is -2.08. The van der Waals surface area contributed by atoms with E-state index in [-0.39, 0.29) is 12.6 Å². The number of carbonyl (C=O) groups is 1. The van der Waals surface area contributed by atoms with Gasteiger partial charge in [-0.2, -0.15) is 5.10 Å². The quantitative estimate of drug-likeness (QED) is 0.405. The first-order valence-corrected chi connectivity index (χ1v) is 7.82. The summed E-state index contributed by atoms with van der Waals surface area (Å²) in [7, 11) is 0. The van der Waals surface area contributed by atoms with Gasteiger partial charge in [-0.1, -0.05) is 31.5 Å². The van der Waals surface area contributed by atoms with E-state index in [0.717, 1.165) is 24.1 Å². The topological polar surface area (TPSA) is 53.4 Å². The molecule has 0 spiro atoms. The minimum Gasteiger partial charge on any atom is -0.460 e. The fraction of sp³-hybridized carbons (Fsp3) is 0.333. The number of nitrogens with zero attached hydrogens (tertiary/aromatic N) is 2. The van der Waals surface area contributed by atoms with Gasteiger partial charge in [0.15, 0.2) is 0 Å². The minimum absolute atomic E-state index is 0.274. The Balaban J connectivity index is 1.75. The van der Waals surface area contributed by atoms with Crippen molar-refractivity contribution in [3.05, 3.63) is 54.4 Å². The maximum absolute atomic E-state index is 11.6. The van der Waals surface area contributed by atoms with Crippen LogP contribution >= 0.6 is 0 Å². The summed E-state index contributed by atoms with van der Waals surface area (Å²) in [5, 5.41) is 4.26. The number of ether oxygens (including phenoxy) is 2. The number of hydrogen-bond donors (Lipinski definition) is 0. The first-order valence-electron chi connectivity index (χ1n) is 7.82. The molecule has 1 aromatic heterocycles. The summed E-state index contributed by atoms with van der Waals surface area (Å²) >= 11 is 0. The molecule has 122 valence electrons. The summed E-state index contributed by atoms with van der Waals surface area (Å²) in [4.78, 5) is 11.6. The van der Waals surface area contributed by atoms with Crippen molar-refractivity contribution in [2.75, 3.05) is 19.8 Å². The van der Waals surface area contributed by atoms with Gasteiger partial charge in [0.2, 0.25) is 0 Å². The van der Waals surface area contributed by atoms with Crippen molar-refractivity contribution < 1.29 is 14.3 Å². The number of para-hydroxylation sites is 1. The molecule has 5 nitrogen and oxygen atoms in total. The molecule has 0 atom stereocenters.